The minimum Gasteiger partial charge on any atom is -0.388 e. The number of rotatable bonds is 7. The van der Waals surface area contributed by atoms with Crippen LogP contribution in [0.5, 0.6) is 0 Å². The average Bonchev–Trinajstić information content (AvgIpc) is 3.46. The van der Waals surface area contributed by atoms with Gasteiger partial charge in [-0.2, -0.15) is 0 Å². The molecule has 1 aliphatic rings. The number of aryl methyl sites for hydroxylation is 1. The number of nitrogens with zero attached hydrogens (tertiary/aromatic N) is 6. The third-order valence-electron chi connectivity index (χ3n) is 5.80. The normalized spacial score (nSPS) is 19.5. The molecule has 186 valence electrons. The Morgan fingerprint density at radius 1 is 1.28 bits per heavy atom. The second kappa shape index (κ2) is 9.91. The number of aliphatic hydroxyl groups is 1. The van der Waals surface area contributed by atoms with Crippen molar-refractivity contribution in [1.29, 1.82) is 0 Å². The molecule has 0 saturated carbocycles. The summed E-state index contributed by atoms with van der Waals surface area (Å²) >= 11 is 0. The van der Waals surface area contributed by atoms with Gasteiger partial charge in [-0.1, -0.05) is 0 Å². The molecule has 0 unspecified atom stereocenters. The molecule has 0 bridgehead atoms. The predicted molar refractivity (Wildman–Crippen MR) is 128 cm³/mol. The van der Waals surface area contributed by atoms with E-state index in [1.165, 1.54) is 18.6 Å². The van der Waals surface area contributed by atoms with E-state index in [0.29, 0.717) is 35.6 Å². The first kappa shape index (κ1) is 23.7. The molecule has 3 N–H and O–H groups in total. The van der Waals surface area contributed by atoms with E-state index >= 15 is 0 Å². The zero-order chi connectivity index (χ0) is 25.2. The zero-order valence-corrected chi connectivity index (χ0v) is 19.7. The Balaban J connectivity index is 1.54. The summed E-state index contributed by atoms with van der Waals surface area (Å²) in [7, 11) is 0. The van der Waals surface area contributed by atoms with Crippen LogP contribution in [0.25, 0.3) is 22.6 Å². The average molecular weight is 493 g/mol. The maximum Gasteiger partial charge on any atom is 0.249 e. The molecule has 12 heteroatoms. The van der Waals surface area contributed by atoms with Gasteiger partial charge in [-0.05, 0) is 37.6 Å². The number of ether oxygens (including phenoxy) is 1. The number of carbonyl (C=O) groups excluding carboxylic acids is 1. The van der Waals surface area contributed by atoms with Crippen LogP contribution in [-0.4, -0.2) is 59.3 Å². The Labute approximate surface area is 205 Å². The van der Waals surface area contributed by atoms with E-state index in [-0.39, 0.29) is 18.2 Å². The van der Waals surface area contributed by atoms with Crippen molar-refractivity contribution >= 4 is 22.9 Å². The molecule has 36 heavy (non-hydrogen) atoms. The monoisotopic (exact) mass is 492 g/mol. The van der Waals surface area contributed by atoms with Crippen LogP contribution < -0.4 is 10.6 Å². The quantitative estimate of drug-likeness (QED) is 0.354. The van der Waals surface area contributed by atoms with Crippen molar-refractivity contribution in [3.8, 4) is 11.4 Å². The maximum atomic E-state index is 13.9. The molecule has 0 aromatic carbocycles. The summed E-state index contributed by atoms with van der Waals surface area (Å²) in [6.45, 7) is 4.61. The van der Waals surface area contributed by atoms with Crippen molar-refractivity contribution in [3.63, 3.8) is 0 Å². The topological polar surface area (TPSA) is 140 Å². The highest BCUT2D eigenvalue weighted by molar-refractivity contribution is 5.85. The lowest BCUT2D eigenvalue weighted by Gasteiger charge is -2.17. The highest BCUT2D eigenvalue weighted by Gasteiger charge is 2.39. The number of nitrogens with one attached hydrogen (secondary N) is 2. The molecule has 3 atom stereocenters. The van der Waals surface area contributed by atoms with E-state index in [4.69, 9.17) is 4.74 Å². The van der Waals surface area contributed by atoms with Crippen LogP contribution in [0.2, 0.25) is 0 Å². The smallest absolute Gasteiger partial charge is 0.249 e. The molecule has 4 aromatic rings. The number of likely N-dealkylation sites (N-methyl/N-ethyl adjacent to an activating group) is 1. The van der Waals surface area contributed by atoms with Gasteiger partial charge in [0.2, 0.25) is 5.91 Å². The summed E-state index contributed by atoms with van der Waals surface area (Å²) in [4.78, 5) is 34.2. The van der Waals surface area contributed by atoms with Gasteiger partial charge in [0.05, 0.1) is 24.8 Å². The number of hydrogen-bond acceptors (Lipinski definition) is 9. The minimum atomic E-state index is -0.961. The first-order chi connectivity index (χ1) is 17.4. The van der Waals surface area contributed by atoms with Crippen LogP contribution in [0.4, 0.5) is 10.2 Å². The van der Waals surface area contributed by atoms with E-state index in [2.05, 4.69) is 35.6 Å². The van der Waals surface area contributed by atoms with Gasteiger partial charge in [-0.25, -0.2) is 19.3 Å². The van der Waals surface area contributed by atoms with Gasteiger partial charge in [-0.3, -0.25) is 19.3 Å². The van der Waals surface area contributed by atoms with Crippen LogP contribution in [0.1, 0.15) is 30.8 Å². The molecule has 1 saturated heterocycles. The van der Waals surface area contributed by atoms with Gasteiger partial charge in [0, 0.05) is 30.9 Å². The van der Waals surface area contributed by atoms with Crippen LogP contribution in [0, 0.1) is 12.7 Å². The van der Waals surface area contributed by atoms with Crippen molar-refractivity contribution in [1.82, 2.24) is 34.8 Å². The van der Waals surface area contributed by atoms with Crippen LogP contribution in [0.15, 0.2) is 43.1 Å². The van der Waals surface area contributed by atoms with Gasteiger partial charge in [-0.15, -0.1) is 0 Å². The minimum absolute atomic E-state index is 0.131. The lowest BCUT2D eigenvalue weighted by Crippen LogP contribution is -2.34. The summed E-state index contributed by atoms with van der Waals surface area (Å²) in [5.74, 6) is -0.210. The predicted octanol–water partition coefficient (Wildman–Crippen LogP) is 2.13. The molecule has 5 rings (SSSR count). The van der Waals surface area contributed by atoms with E-state index < -0.39 is 24.3 Å². The highest BCUT2D eigenvalue weighted by atomic mass is 19.1. The largest absolute Gasteiger partial charge is 0.388 e. The van der Waals surface area contributed by atoms with Crippen LogP contribution in [-0.2, 0) is 16.1 Å². The fraction of sp³-hybridized carbons (Fsp3) is 0.333. The number of anilines is 1. The molecule has 0 aliphatic carbocycles. The second-order valence-electron chi connectivity index (χ2n) is 8.50. The Hall–Kier alpha value is -4.03. The first-order valence-electron chi connectivity index (χ1n) is 11.5. The summed E-state index contributed by atoms with van der Waals surface area (Å²) in [5, 5.41) is 16.6. The molecule has 11 nitrogen and oxygen atoms in total. The van der Waals surface area contributed by atoms with E-state index in [0.717, 1.165) is 17.5 Å². The fourth-order valence-electron chi connectivity index (χ4n) is 4.12. The van der Waals surface area contributed by atoms with Crippen molar-refractivity contribution in [2.75, 3.05) is 11.9 Å². The number of aliphatic hydroxyl groups excluding tert-OH is 1. The van der Waals surface area contributed by atoms with Crippen molar-refractivity contribution in [2.45, 2.75) is 45.2 Å². The number of fused-ring (bicyclic) bond motifs is 1. The fourth-order valence-corrected chi connectivity index (χ4v) is 4.12. The molecule has 0 radical (unpaired) electrons. The van der Waals surface area contributed by atoms with Crippen molar-refractivity contribution < 1.29 is 19.0 Å². The summed E-state index contributed by atoms with van der Waals surface area (Å²) < 4.78 is 21.4. The van der Waals surface area contributed by atoms with Crippen molar-refractivity contribution in [2.24, 2.45) is 0 Å². The zero-order valence-electron chi connectivity index (χ0n) is 19.7. The highest BCUT2D eigenvalue weighted by Crippen LogP contribution is 2.33. The van der Waals surface area contributed by atoms with E-state index in [9.17, 15) is 14.3 Å². The molecule has 5 heterocycles. The molecular formula is C24H25FN8O3. The Morgan fingerprint density at radius 3 is 2.92 bits per heavy atom. The van der Waals surface area contributed by atoms with Crippen molar-refractivity contribution in [3.05, 3.63) is 60.2 Å². The lowest BCUT2D eigenvalue weighted by atomic mass is 10.2. The molecule has 1 aliphatic heterocycles. The third-order valence-corrected chi connectivity index (χ3v) is 5.80. The van der Waals surface area contributed by atoms with E-state index in [1.54, 1.807) is 10.8 Å². The number of halogens is 1. The standard InChI is InChI=1S/C24H25FN8O3/c1-3-27-23(35)18-8-17(34)24(36-18)33-12-30-19-21(29-11-16-6-13(2)4-5-28-16)31-20(32-22(19)33)14-7-15(25)10-26-9-14/h4-7,9-10,12,17-18,24,34H,3,8,11H2,1-2H3,(H,27,35)(H,29,31,32)/t17-,18+,24-/m1/s1. The van der Waals surface area contributed by atoms with Gasteiger partial charge < -0.3 is 20.5 Å². The summed E-state index contributed by atoms with van der Waals surface area (Å²) in [5.41, 5.74) is 3.01. The molecule has 4 aromatic heterocycles. The SMILES string of the molecule is CCNC(=O)[C@@H]1C[C@@H](O)[C@H](n2cnc3c(NCc4cc(C)ccn4)nc(-c4cncc(F)c4)nc32)O1. The van der Waals surface area contributed by atoms with Gasteiger partial charge in [0.25, 0.3) is 0 Å². The number of imidazole rings is 1. The Bertz CT molecular complexity index is 1410. The third kappa shape index (κ3) is 4.72. The number of carbonyl (C=O) groups is 1. The molecule has 1 amide bonds. The van der Waals surface area contributed by atoms with Crippen LogP contribution in [0.3, 0.4) is 0 Å². The van der Waals surface area contributed by atoms with Gasteiger partial charge in [0.1, 0.15) is 18.0 Å². The summed E-state index contributed by atoms with van der Waals surface area (Å²) in [6.07, 6.45) is 3.25. The van der Waals surface area contributed by atoms with Crippen LogP contribution >= 0.6 is 0 Å². The van der Waals surface area contributed by atoms with Gasteiger partial charge in [0.15, 0.2) is 29.0 Å². The second-order valence-corrected chi connectivity index (χ2v) is 8.50. The Morgan fingerprint density at radius 2 is 2.14 bits per heavy atom. The molecular weight excluding hydrogens is 467 g/mol. The molecule has 1 fully saturated rings. The number of aromatic nitrogens is 6. The Kier molecular flexibility index (Phi) is 6.53. The number of pyridine rings is 2. The van der Waals surface area contributed by atoms with E-state index in [1.807, 2.05) is 26.0 Å². The lowest BCUT2D eigenvalue weighted by molar-refractivity contribution is -0.134. The molecule has 0 spiro atoms. The summed E-state index contributed by atoms with van der Waals surface area (Å²) in [6, 6.07) is 5.14. The number of amides is 1. The first-order valence-corrected chi connectivity index (χ1v) is 11.5. The van der Waals surface area contributed by atoms with Gasteiger partial charge >= 0.3 is 0 Å². The maximum absolute atomic E-state index is 13.9. The number of hydrogen-bond donors (Lipinski definition) is 3.